The molecule has 2 aromatic rings. The van der Waals surface area contributed by atoms with E-state index in [1.807, 2.05) is 32.0 Å². The molecule has 4 heteroatoms. The van der Waals surface area contributed by atoms with Gasteiger partial charge in [-0.2, -0.15) is 5.26 Å². The van der Waals surface area contributed by atoms with Crippen LogP contribution >= 0.6 is 27.5 Å². The molecule has 0 aromatic heterocycles. The summed E-state index contributed by atoms with van der Waals surface area (Å²) < 4.78 is 0.718. The van der Waals surface area contributed by atoms with Gasteiger partial charge in [-0.25, -0.2) is 0 Å². The molecule has 21 heavy (non-hydrogen) atoms. The molecule has 0 aliphatic carbocycles. The lowest BCUT2D eigenvalue weighted by atomic mass is 9.90. The normalized spacial score (nSPS) is 11.8. The van der Waals surface area contributed by atoms with Crippen molar-refractivity contribution in [2.75, 3.05) is 0 Å². The summed E-state index contributed by atoms with van der Waals surface area (Å²) in [6.45, 7) is 3.96. The predicted octanol–water partition coefficient (Wildman–Crippen LogP) is 5.21. The van der Waals surface area contributed by atoms with Gasteiger partial charge in [-0.15, -0.1) is 0 Å². The van der Waals surface area contributed by atoms with Gasteiger partial charge in [0.2, 0.25) is 0 Å². The molecule has 0 bridgehead atoms. The Labute approximate surface area is 137 Å². The van der Waals surface area contributed by atoms with Gasteiger partial charge in [0.05, 0.1) is 6.07 Å². The van der Waals surface area contributed by atoms with Crippen molar-refractivity contribution < 1.29 is 4.79 Å². The van der Waals surface area contributed by atoms with E-state index in [4.69, 9.17) is 11.6 Å². The Kier molecular flexibility index (Phi) is 4.82. The highest BCUT2D eigenvalue weighted by Gasteiger charge is 2.22. The number of rotatable bonds is 3. The van der Waals surface area contributed by atoms with Crippen LogP contribution in [0.15, 0.2) is 40.9 Å². The summed E-state index contributed by atoms with van der Waals surface area (Å²) in [6, 6.07) is 12.7. The fourth-order valence-electron chi connectivity index (χ4n) is 2.09. The molecule has 0 spiro atoms. The van der Waals surface area contributed by atoms with Crippen LogP contribution in [0.5, 0.6) is 0 Å². The lowest BCUT2D eigenvalue weighted by Gasteiger charge is -2.11. The number of nitriles is 1. The standard InChI is InChI=1S/C17H13BrClNO/c1-10-3-4-12(5-11(10)2)16(9-20)17(21)13-6-14(18)8-15(19)7-13/h3-8,16H,1-2H3. The summed E-state index contributed by atoms with van der Waals surface area (Å²) in [7, 11) is 0. The Balaban J connectivity index is 2.43. The van der Waals surface area contributed by atoms with E-state index < -0.39 is 5.92 Å². The van der Waals surface area contributed by atoms with E-state index in [0.29, 0.717) is 16.1 Å². The van der Waals surface area contributed by atoms with Crippen molar-refractivity contribution in [1.82, 2.24) is 0 Å². The number of hydrogen-bond acceptors (Lipinski definition) is 2. The van der Waals surface area contributed by atoms with E-state index in [0.717, 1.165) is 15.6 Å². The van der Waals surface area contributed by atoms with Gasteiger partial charge >= 0.3 is 0 Å². The molecule has 1 unspecified atom stereocenters. The van der Waals surface area contributed by atoms with Crippen molar-refractivity contribution in [2.24, 2.45) is 0 Å². The van der Waals surface area contributed by atoms with Gasteiger partial charge < -0.3 is 0 Å². The van der Waals surface area contributed by atoms with Gasteiger partial charge in [-0.3, -0.25) is 4.79 Å². The van der Waals surface area contributed by atoms with Crippen LogP contribution in [0.2, 0.25) is 5.02 Å². The van der Waals surface area contributed by atoms with Crippen LogP contribution in [0.4, 0.5) is 0 Å². The first-order chi connectivity index (χ1) is 9.92. The summed E-state index contributed by atoms with van der Waals surface area (Å²) >= 11 is 9.28. The molecular formula is C17H13BrClNO. The lowest BCUT2D eigenvalue weighted by Crippen LogP contribution is -2.11. The predicted molar refractivity (Wildman–Crippen MR) is 87.8 cm³/mol. The smallest absolute Gasteiger partial charge is 0.184 e. The number of aryl methyl sites for hydroxylation is 2. The lowest BCUT2D eigenvalue weighted by molar-refractivity contribution is 0.0979. The molecule has 0 saturated carbocycles. The van der Waals surface area contributed by atoms with Crippen LogP contribution in [0.3, 0.4) is 0 Å². The highest BCUT2D eigenvalue weighted by Crippen LogP contribution is 2.26. The van der Waals surface area contributed by atoms with Crippen molar-refractivity contribution in [3.8, 4) is 6.07 Å². The van der Waals surface area contributed by atoms with Gasteiger partial charge in [-0.05, 0) is 48.7 Å². The third-order valence-corrected chi connectivity index (χ3v) is 4.08. The zero-order valence-electron chi connectivity index (χ0n) is 11.7. The molecule has 2 aromatic carbocycles. The maximum Gasteiger partial charge on any atom is 0.184 e. The summed E-state index contributed by atoms with van der Waals surface area (Å²) in [6.07, 6.45) is 0. The zero-order valence-corrected chi connectivity index (χ0v) is 14.0. The Hall–Kier alpha value is -1.63. The molecule has 2 rings (SSSR count). The average Bonchev–Trinajstić information content (AvgIpc) is 2.42. The minimum absolute atomic E-state index is 0.246. The second-order valence-corrected chi connectivity index (χ2v) is 6.28. The van der Waals surface area contributed by atoms with E-state index in [9.17, 15) is 10.1 Å². The molecule has 0 amide bonds. The van der Waals surface area contributed by atoms with Gasteiger partial charge in [0.1, 0.15) is 5.92 Å². The Morgan fingerprint density at radius 2 is 1.90 bits per heavy atom. The number of carbonyl (C=O) groups is 1. The molecular weight excluding hydrogens is 350 g/mol. The number of carbonyl (C=O) groups excluding carboxylic acids is 1. The second kappa shape index (κ2) is 6.43. The van der Waals surface area contributed by atoms with Crippen LogP contribution in [0.1, 0.15) is 33.0 Å². The molecule has 1 atom stereocenters. The summed E-state index contributed by atoms with van der Waals surface area (Å²) in [4.78, 5) is 12.6. The topological polar surface area (TPSA) is 40.9 Å². The molecule has 0 N–H and O–H groups in total. The number of halogens is 2. The highest BCUT2D eigenvalue weighted by molar-refractivity contribution is 9.10. The maximum atomic E-state index is 12.6. The maximum absolute atomic E-state index is 12.6. The SMILES string of the molecule is Cc1ccc(C(C#N)C(=O)c2cc(Cl)cc(Br)c2)cc1C. The molecule has 0 radical (unpaired) electrons. The molecule has 0 aliphatic rings. The largest absolute Gasteiger partial charge is 0.292 e. The number of nitrogens with zero attached hydrogens (tertiary/aromatic N) is 1. The quantitative estimate of drug-likeness (QED) is 0.703. The first kappa shape index (κ1) is 15.8. The number of ketones is 1. The number of Topliss-reactive ketones (excluding diaryl/α,β-unsaturated/α-hetero) is 1. The van der Waals surface area contributed by atoms with Crippen LogP contribution in [0, 0.1) is 25.2 Å². The van der Waals surface area contributed by atoms with Crippen LogP contribution in [-0.4, -0.2) is 5.78 Å². The van der Waals surface area contributed by atoms with E-state index >= 15 is 0 Å². The average molecular weight is 363 g/mol. The second-order valence-electron chi connectivity index (χ2n) is 4.93. The van der Waals surface area contributed by atoms with E-state index in [1.54, 1.807) is 18.2 Å². The van der Waals surface area contributed by atoms with Gasteiger partial charge in [0, 0.05) is 15.1 Å². The number of hydrogen-bond donors (Lipinski definition) is 0. The first-order valence-corrected chi connectivity index (χ1v) is 7.56. The highest BCUT2D eigenvalue weighted by atomic mass is 79.9. The molecule has 0 aliphatic heterocycles. The summed E-state index contributed by atoms with van der Waals surface area (Å²) in [5, 5.41) is 9.86. The zero-order chi connectivity index (χ0) is 15.6. The van der Waals surface area contributed by atoms with Crippen LogP contribution < -0.4 is 0 Å². The van der Waals surface area contributed by atoms with Crippen molar-refractivity contribution in [1.29, 1.82) is 5.26 Å². The van der Waals surface area contributed by atoms with Crippen LogP contribution in [0.25, 0.3) is 0 Å². The fourth-order valence-corrected chi connectivity index (χ4v) is 2.95. The summed E-state index contributed by atoms with van der Waals surface area (Å²) in [5.41, 5.74) is 3.34. The first-order valence-electron chi connectivity index (χ1n) is 6.39. The van der Waals surface area contributed by atoms with Crippen LogP contribution in [-0.2, 0) is 0 Å². The third kappa shape index (κ3) is 3.53. The third-order valence-electron chi connectivity index (χ3n) is 3.40. The minimum Gasteiger partial charge on any atom is -0.292 e. The molecule has 2 nitrogen and oxygen atoms in total. The Bertz CT molecular complexity index is 729. The van der Waals surface area contributed by atoms with Gasteiger partial charge in [0.25, 0.3) is 0 Å². The van der Waals surface area contributed by atoms with Crippen molar-refractivity contribution in [3.63, 3.8) is 0 Å². The molecule has 0 saturated heterocycles. The van der Waals surface area contributed by atoms with E-state index in [2.05, 4.69) is 22.0 Å². The fraction of sp³-hybridized carbons (Fsp3) is 0.176. The van der Waals surface area contributed by atoms with Gasteiger partial charge in [0.15, 0.2) is 5.78 Å². The van der Waals surface area contributed by atoms with E-state index in [-0.39, 0.29) is 5.78 Å². The van der Waals surface area contributed by atoms with Crippen molar-refractivity contribution >= 4 is 33.3 Å². The Morgan fingerprint density at radius 3 is 2.48 bits per heavy atom. The van der Waals surface area contributed by atoms with E-state index in [1.165, 1.54) is 0 Å². The molecule has 106 valence electrons. The molecule has 0 heterocycles. The monoisotopic (exact) mass is 361 g/mol. The molecule has 0 fully saturated rings. The van der Waals surface area contributed by atoms with Gasteiger partial charge in [-0.1, -0.05) is 45.7 Å². The number of benzene rings is 2. The van der Waals surface area contributed by atoms with Crippen molar-refractivity contribution in [2.45, 2.75) is 19.8 Å². The summed E-state index contributed by atoms with van der Waals surface area (Å²) in [5.74, 6) is -1.07. The Morgan fingerprint density at radius 1 is 1.19 bits per heavy atom. The minimum atomic E-state index is -0.824. The van der Waals surface area contributed by atoms with Crippen molar-refractivity contribution in [3.05, 3.63) is 68.1 Å².